The lowest BCUT2D eigenvalue weighted by Gasteiger charge is -2.14. The fourth-order valence-corrected chi connectivity index (χ4v) is 3.33. The van der Waals surface area contributed by atoms with E-state index in [-0.39, 0.29) is 22.4 Å². The first kappa shape index (κ1) is 17.7. The Hall–Kier alpha value is -3.10. The quantitative estimate of drug-likeness (QED) is 0.413. The van der Waals surface area contributed by atoms with Crippen molar-refractivity contribution >= 4 is 38.2 Å². The van der Waals surface area contributed by atoms with Crippen LogP contribution in [0.5, 0.6) is 5.75 Å². The highest BCUT2D eigenvalue weighted by atomic mass is 32.2. The average molecular weight is 372 g/mol. The number of anilines is 2. The maximum atomic E-state index is 12.6. The third-order valence-corrected chi connectivity index (χ3v) is 4.93. The standard InChI is InChI=1S/C18H16N2O5S/c1-10-9-12(5-7-13(10)19)18(22)20-17-15(26(23,24)25)8-6-11-3-2-4-14(21)16(11)17/h2-9,21H,19H2,1H3,(H,20,22)(H,23,24,25). The van der Waals surface area contributed by atoms with Gasteiger partial charge in [-0.3, -0.25) is 9.35 Å². The third-order valence-electron chi connectivity index (χ3n) is 4.03. The van der Waals surface area contributed by atoms with Gasteiger partial charge in [0.2, 0.25) is 0 Å². The number of hydrogen-bond acceptors (Lipinski definition) is 5. The summed E-state index contributed by atoms with van der Waals surface area (Å²) in [5.74, 6) is -0.828. The number of aromatic hydroxyl groups is 1. The number of amides is 1. The number of nitrogens with one attached hydrogen (secondary N) is 1. The molecule has 0 saturated carbocycles. The summed E-state index contributed by atoms with van der Waals surface area (Å²) in [5.41, 5.74) is 7.01. The van der Waals surface area contributed by atoms with E-state index in [1.807, 2.05) is 0 Å². The minimum atomic E-state index is -4.63. The first-order valence-electron chi connectivity index (χ1n) is 7.58. The third kappa shape index (κ3) is 3.19. The highest BCUT2D eigenvalue weighted by Gasteiger charge is 2.22. The van der Waals surface area contributed by atoms with E-state index in [1.165, 1.54) is 24.3 Å². The van der Waals surface area contributed by atoms with E-state index in [0.717, 1.165) is 0 Å². The Morgan fingerprint density at radius 1 is 1.12 bits per heavy atom. The van der Waals surface area contributed by atoms with Gasteiger partial charge in [-0.25, -0.2) is 0 Å². The van der Waals surface area contributed by atoms with Crippen LogP contribution in [0.25, 0.3) is 10.8 Å². The van der Waals surface area contributed by atoms with Crippen LogP contribution in [0.1, 0.15) is 15.9 Å². The zero-order valence-corrected chi connectivity index (χ0v) is 14.5. The number of phenols is 1. The Kier molecular flexibility index (Phi) is 4.31. The second-order valence-electron chi connectivity index (χ2n) is 5.81. The lowest BCUT2D eigenvalue weighted by molar-refractivity contribution is 0.102. The molecular formula is C18H16N2O5S. The summed E-state index contributed by atoms with van der Waals surface area (Å²) in [5, 5.41) is 13.3. The maximum Gasteiger partial charge on any atom is 0.296 e. The molecule has 0 aromatic heterocycles. The Bertz CT molecular complexity index is 1140. The molecule has 26 heavy (non-hydrogen) atoms. The molecule has 0 aliphatic carbocycles. The van der Waals surface area contributed by atoms with Crippen molar-refractivity contribution in [1.29, 1.82) is 0 Å². The topological polar surface area (TPSA) is 130 Å². The highest BCUT2D eigenvalue weighted by Crippen LogP contribution is 2.36. The fourth-order valence-electron chi connectivity index (χ4n) is 2.68. The Morgan fingerprint density at radius 3 is 2.50 bits per heavy atom. The number of carbonyl (C=O) groups is 1. The van der Waals surface area contributed by atoms with E-state index < -0.39 is 20.9 Å². The minimum absolute atomic E-state index is 0.114. The molecule has 0 saturated heterocycles. The van der Waals surface area contributed by atoms with Crippen molar-refractivity contribution in [3.05, 3.63) is 59.7 Å². The molecule has 0 heterocycles. The van der Waals surface area contributed by atoms with E-state index in [2.05, 4.69) is 5.32 Å². The predicted octanol–water partition coefficient (Wildman–Crippen LogP) is 2.94. The Morgan fingerprint density at radius 2 is 1.85 bits per heavy atom. The van der Waals surface area contributed by atoms with Gasteiger partial charge in [0, 0.05) is 16.6 Å². The molecule has 3 aromatic rings. The summed E-state index contributed by atoms with van der Waals surface area (Å²) in [6.07, 6.45) is 0. The Balaban J connectivity index is 2.19. The molecule has 0 atom stereocenters. The van der Waals surface area contributed by atoms with E-state index in [0.29, 0.717) is 16.6 Å². The monoisotopic (exact) mass is 372 g/mol. The van der Waals surface area contributed by atoms with Crippen LogP contribution in [0, 0.1) is 6.92 Å². The summed E-state index contributed by atoms with van der Waals surface area (Å²) < 4.78 is 33.0. The van der Waals surface area contributed by atoms with Crippen molar-refractivity contribution in [2.45, 2.75) is 11.8 Å². The molecule has 0 bridgehead atoms. The number of fused-ring (bicyclic) bond motifs is 1. The number of rotatable bonds is 3. The van der Waals surface area contributed by atoms with Crippen LogP contribution >= 0.6 is 0 Å². The van der Waals surface area contributed by atoms with Crippen LogP contribution in [-0.2, 0) is 10.1 Å². The molecule has 134 valence electrons. The molecule has 0 aliphatic rings. The van der Waals surface area contributed by atoms with E-state index in [4.69, 9.17) is 5.73 Å². The van der Waals surface area contributed by atoms with Crippen molar-refractivity contribution in [2.75, 3.05) is 11.1 Å². The van der Waals surface area contributed by atoms with E-state index >= 15 is 0 Å². The number of benzene rings is 3. The lowest BCUT2D eigenvalue weighted by atomic mass is 10.1. The smallest absolute Gasteiger partial charge is 0.296 e. The van der Waals surface area contributed by atoms with Crippen molar-refractivity contribution in [3.63, 3.8) is 0 Å². The van der Waals surface area contributed by atoms with Crippen molar-refractivity contribution in [2.24, 2.45) is 0 Å². The fraction of sp³-hybridized carbons (Fsp3) is 0.0556. The summed E-state index contributed by atoms with van der Waals surface area (Å²) in [7, 11) is -4.63. The normalized spacial score (nSPS) is 11.5. The molecule has 1 amide bonds. The van der Waals surface area contributed by atoms with E-state index in [1.54, 1.807) is 31.2 Å². The molecule has 0 radical (unpaired) electrons. The van der Waals surface area contributed by atoms with Gasteiger partial charge < -0.3 is 16.2 Å². The molecule has 3 rings (SSSR count). The van der Waals surface area contributed by atoms with Crippen molar-refractivity contribution < 1.29 is 22.9 Å². The molecule has 0 unspecified atom stereocenters. The minimum Gasteiger partial charge on any atom is -0.507 e. The van der Waals surface area contributed by atoms with Gasteiger partial charge in [-0.1, -0.05) is 18.2 Å². The molecule has 8 heteroatoms. The number of nitrogens with two attached hydrogens (primary N) is 1. The number of nitrogen functional groups attached to an aromatic ring is 1. The number of hydrogen-bond donors (Lipinski definition) is 4. The SMILES string of the molecule is Cc1cc(C(=O)Nc2c(S(=O)(=O)O)ccc3cccc(O)c23)ccc1N. The summed E-state index contributed by atoms with van der Waals surface area (Å²) in [6, 6.07) is 11.8. The molecule has 0 fully saturated rings. The zero-order valence-electron chi connectivity index (χ0n) is 13.7. The second-order valence-corrected chi connectivity index (χ2v) is 7.20. The van der Waals surface area contributed by atoms with Gasteiger partial charge in [-0.2, -0.15) is 8.42 Å². The first-order chi connectivity index (χ1) is 12.2. The zero-order chi connectivity index (χ0) is 19.1. The van der Waals surface area contributed by atoms with Crippen LogP contribution in [0.3, 0.4) is 0 Å². The summed E-state index contributed by atoms with van der Waals surface area (Å²) in [4.78, 5) is 12.1. The van der Waals surface area contributed by atoms with Crippen LogP contribution in [0.4, 0.5) is 11.4 Å². The first-order valence-corrected chi connectivity index (χ1v) is 9.02. The summed E-state index contributed by atoms with van der Waals surface area (Å²) >= 11 is 0. The molecule has 0 spiro atoms. The Labute approximate surface area is 149 Å². The van der Waals surface area contributed by atoms with Gasteiger partial charge in [0.05, 0.1) is 5.69 Å². The van der Waals surface area contributed by atoms with Crippen LogP contribution in [0.2, 0.25) is 0 Å². The van der Waals surface area contributed by atoms with Crippen LogP contribution in [0.15, 0.2) is 53.4 Å². The molecule has 3 aromatic carbocycles. The molecule has 7 nitrogen and oxygen atoms in total. The van der Waals surface area contributed by atoms with Crippen molar-refractivity contribution in [1.82, 2.24) is 0 Å². The van der Waals surface area contributed by atoms with Gasteiger partial charge in [0.25, 0.3) is 16.0 Å². The van der Waals surface area contributed by atoms with Crippen molar-refractivity contribution in [3.8, 4) is 5.75 Å². The highest BCUT2D eigenvalue weighted by molar-refractivity contribution is 7.86. The lowest BCUT2D eigenvalue weighted by Crippen LogP contribution is -2.15. The van der Waals surface area contributed by atoms with Gasteiger partial charge >= 0.3 is 0 Å². The molecule has 5 N–H and O–H groups in total. The second kappa shape index (κ2) is 6.32. The molecule has 0 aliphatic heterocycles. The number of carbonyl (C=O) groups excluding carboxylic acids is 1. The molecular weight excluding hydrogens is 356 g/mol. The maximum absolute atomic E-state index is 12.6. The van der Waals surface area contributed by atoms with E-state index in [9.17, 15) is 22.9 Å². The van der Waals surface area contributed by atoms with Crippen LogP contribution < -0.4 is 11.1 Å². The summed E-state index contributed by atoms with van der Waals surface area (Å²) in [6.45, 7) is 1.74. The van der Waals surface area contributed by atoms with Gasteiger partial charge in [-0.15, -0.1) is 0 Å². The number of phenolic OH excluding ortho intramolecular Hbond substituents is 1. The number of aryl methyl sites for hydroxylation is 1. The average Bonchev–Trinajstić information content (AvgIpc) is 2.56. The van der Waals surface area contributed by atoms with Crippen LogP contribution in [-0.4, -0.2) is 24.0 Å². The largest absolute Gasteiger partial charge is 0.507 e. The predicted molar refractivity (Wildman–Crippen MR) is 99.0 cm³/mol. The van der Waals surface area contributed by atoms with Gasteiger partial charge in [-0.05, 0) is 48.2 Å². The van der Waals surface area contributed by atoms with Gasteiger partial charge in [0.15, 0.2) is 0 Å². The van der Waals surface area contributed by atoms with Gasteiger partial charge in [0.1, 0.15) is 10.6 Å².